The highest BCUT2D eigenvalue weighted by Gasteiger charge is 2.19. The third-order valence-corrected chi connectivity index (χ3v) is 3.71. The van der Waals surface area contributed by atoms with Gasteiger partial charge in [0.15, 0.2) is 11.5 Å². The topological polar surface area (TPSA) is 57.5 Å². The van der Waals surface area contributed by atoms with E-state index in [-0.39, 0.29) is 0 Å². The first kappa shape index (κ1) is 13.8. The van der Waals surface area contributed by atoms with Crippen molar-refractivity contribution < 1.29 is 14.2 Å². The molecule has 0 fully saturated rings. The number of rotatable bonds is 4. The van der Waals surface area contributed by atoms with Crippen molar-refractivity contribution in [1.29, 1.82) is 0 Å². The monoisotopic (exact) mass is 289 g/mol. The maximum atomic E-state index is 5.41. The smallest absolute Gasteiger partial charge is 0.203 e. The zero-order chi connectivity index (χ0) is 14.8. The molecule has 1 aromatic heterocycles. The summed E-state index contributed by atoms with van der Waals surface area (Å²) in [5.74, 6) is 1.88. The SMILES string of the molecule is COc1cc(-n2cnc3c2CCNC3)cc(OC)c1OC. The van der Waals surface area contributed by atoms with E-state index < -0.39 is 0 Å². The van der Waals surface area contributed by atoms with E-state index in [1.165, 1.54) is 5.69 Å². The molecule has 3 rings (SSSR count). The number of ether oxygens (including phenoxy) is 3. The first-order valence-electron chi connectivity index (χ1n) is 6.84. The molecule has 0 radical (unpaired) electrons. The van der Waals surface area contributed by atoms with E-state index in [4.69, 9.17) is 14.2 Å². The number of nitrogens with one attached hydrogen (secondary N) is 1. The molecule has 0 atom stereocenters. The Kier molecular flexibility index (Phi) is 3.70. The lowest BCUT2D eigenvalue weighted by molar-refractivity contribution is 0.324. The molecular weight excluding hydrogens is 270 g/mol. The predicted octanol–water partition coefficient (Wildman–Crippen LogP) is 1.54. The summed E-state index contributed by atoms with van der Waals surface area (Å²) >= 11 is 0. The largest absolute Gasteiger partial charge is 0.493 e. The van der Waals surface area contributed by atoms with Gasteiger partial charge in [0.05, 0.1) is 39.0 Å². The van der Waals surface area contributed by atoms with E-state index >= 15 is 0 Å². The van der Waals surface area contributed by atoms with E-state index in [0.717, 1.165) is 30.9 Å². The molecule has 21 heavy (non-hydrogen) atoms. The van der Waals surface area contributed by atoms with Crippen LogP contribution in [-0.4, -0.2) is 37.4 Å². The molecular formula is C15H19N3O3. The predicted molar refractivity (Wildman–Crippen MR) is 78.6 cm³/mol. The van der Waals surface area contributed by atoms with Crippen LogP contribution in [0, 0.1) is 0 Å². The minimum absolute atomic E-state index is 0.597. The molecule has 1 aromatic carbocycles. The van der Waals surface area contributed by atoms with Gasteiger partial charge in [0.2, 0.25) is 5.75 Å². The number of aromatic nitrogens is 2. The highest BCUT2D eigenvalue weighted by atomic mass is 16.5. The highest BCUT2D eigenvalue weighted by molar-refractivity contribution is 5.58. The molecule has 1 aliphatic rings. The molecule has 0 bridgehead atoms. The Hall–Kier alpha value is -2.21. The summed E-state index contributed by atoms with van der Waals surface area (Å²) in [5.41, 5.74) is 3.28. The first-order chi connectivity index (χ1) is 10.3. The van der Waals surface area contributed by atoms with Crippen molar-refractivity contribution in [3.8, 4) is 22.9 Å². The van der Waals surface area contributed by atoms with E-state index in [0.29, 0.717) is 17.2 Å². The van der Waals surface area contributed by atoms with Gasteiger partial charge in [0.1, 0.15) is 0 Å². The van der Waals surface area contributed by atoms with Crippen molar-refractivity contribution >= 4 is 0 Å². The van der Waals surface area contributed by atoms with Crippen molar-refractivity contribution in [3.05, 3.63) is 29.8 Å². The second-order valence-electron chi connectivity index (χ2n) is 4.82. The van der Waals surface area contributed by atoms with Crippen LogP contribution in [0.25, 0.3) is 5.69 Å². The molecule has 6 heteroatoms. The molecule has 0 saturated heterocycles. The summed E-state index contributed by atoms with van der Waals surface area (Å²) in [6.45, 7) is 1.77. The average molecular weight is 289 g/mol. The molecule has 1 N–H and O–H groups in total. The second-order valence-corrected chi connectivity index (χ2v) is 4.82. The van der Waals surface area contributed by atoms with Crippen molar-refractivity contribution in [2.24, 2.45) is 0 Å². The molecule has 0 aliphatic carbocycles. The van der Waals surface area contributed by atoms with Gasteiger partial charge < -0.3 is 24.1 Å². The van der Waals surface area contributed by atoms with Crippen LogP contribution >= 0.6 is 0 Å². The minimum atomic E-state index is 0.597. The van der Waals surface area contributed by atoms with Gasteiger partial charge in [-0.15, -0.1) is 0 Å². The third-order valence-electron chi connectivity index (χ3n) is 3.71. The van der Waals surface area contributed by atoms with E-state index in [1.807, 2.05) is 18.5 Å². The first-order valence-corrected chi connectivity index (χ1v) is 6.84. The Morgan fingerprint density at radius 1 is 1.10 bits per heavy atom. The Morgan fingerprint density at radius 2 is 1.81 bits per heavy atom. The molecule has 0 amide bonds. The lowest BCUT2D eigenvalue weighted by Gasteiger charge is -2.18. The van der Waals surface area contributed by atoms with Crippen LogP contribution in [0.15, 0.2) is 18.5 Å². The minimum Gasteiger partial charge on any atom is -0.493 e. The zero-order valence-electron chi connectivity index (χ0n) is 12.5. The van der Waals surface area contributed by atoms with E-state index in [9.17, 15) is 0 Å². The quantitative estimate of drug-likeness (QED) is 0.925. The fourth-order valence-corrected chi connectivity index (χ4v) is 2.67. The molecule has 2 aromatic rings. The summed E-state index contributed by atoms with van der Waals surface area (Å²) in [5, 5.41) is 3.32. The molecule has 112 valence electrons. The Morgan fingerprint density at radius 3 is 2.43 bits per heavy atom. The molecule has 2 heterocycles. The van der Waals surface area contributed by atoms with Gasteiger partial charge in [-0.2, -0.15) is 0 Å². The second kappa shape index (κ2) is 5.65. The van der Waals surface area contributed by atoms with Crippen LogP contribution in [0.4, 0.5) is 0 Å². The Bertz CT molecular complexity index is 627. The van der Waals surface area contributed by atoms with Gasteiger partial charge in [-0.05, 0) is 0 Å². The van der Waals surface area contributed by atoms with Crippen LogP contribution < -0.4 is 19.5 Å². The molecule has 0 unspecified atom stereocenters. The van der Waals surface area contributed by atoms with Crippen LogP contribution in [0.3, 0.4) is 0 Å². The Balaban J connectivity index is 2.12. The van der Waals surface area contributed by atoms with Crippen molar-refractivity contribution in [2.45, 2.75) is 13.0 Å². The number of hydrogen-bond donors (Lipinski definition) is 1. The molecule has 1 aliphatic heterocycles. The van der Waals surface area contributed by atoms with Crippen LogP contribution in [0.5, 0.6) is 17.2 Å². The van der Waals surface area contributed by atoms with Crippen LogP contribution in [0.2, 0.25) is 0 Å². The van der Waals surface area contributed by atoms with Crippen molar-refractivity contribution in [3.63, 3.8) is 0 Å². The standard InChI is InChI=1S/C15H19N3O3/c1-19-13-6-10(7-14(20-2)15(13)21-3)18-9-17-11-8-16-5-4-12(11)18/h6-7,9,16H,4-5,8H2,1-3H3. The summed E-state index contributed by atoms with van der Waals surface area (Å²) < 4.78 is 18.3. The van der Waals surface area contributed by atoms with Gasteiger partial charge in [-0.25, -0.2) is 4.98 Å². The van der Waals surface area contributed by atoms with Gasteiger partial charge in [-0.3, -0.25) is 0 Å². The summed E-state index contributed by atoms with van der Waals surface area (Å²) in [6.07, 6.45) is 2.80. The Labute approximate surface area is 123 Å². The lowest BCUT2D eigenvalue weighted by atomic mass is 10.1. The van der Waals surface area contributed by atoms with Gasteiger partial charge in [0, 0.05) is 37.3 Å². The number of hydrogen-bond acceptors (Lipinski definition) is 5. The number of imidazole rings is 1. The maximum Gasteiger partial charge on any atom is 0.203 e. The van der Waals surface area contributed by atoms with Crippen molar-refractivity contribution in [1.82, 2.24) is 14.9 Å². The fourth-order valence-electron chi connectivity index (χ4n) is 2.67. The molecule has 6 nitrogen and oxygen atoms in total. The number of methoxy groups -OCH3 is 3. The fraction of sp³-hybridized carbons (Fsp3) is 0.400. The van der Waals surface area contributed by atoms with Gasteiger partial charge in [0.25, 0.3) is 0 Å². The van der Waals surface area contributed by atoms with E-state index in [1.54, 1.807) is 21.3 Å². The maximum absolute atomic E-state index is 5.41. The normalized spacial score (nSPS) is 13.7. The molecule has 0 saturated carbocycles. The average Bonchev–Trinajstić information content (AvgIpc) is 2.97. The number of benzene rings is 1. The van der Waals surface area contributed by atoms with Gasteiger partial charge in [-0.1, -0.05) is 0 Å². The number of fused-ring (bicyclic) bond motifs is 1. The number of nitrogens with zero attached hydrogens (tertiary/aromatic N) is 2. The van der Waals surface area contributed by atoms with Crippen LogP contribution in [0.1, 0.15) is 11.4 Å². The lowest BCUT2D eigenvalue weighted by Crippen LogP contribution is -2.24. The summed E-state index contributed by atoms with van der Waals surface area (Å²) in [7, 11) is 4.84. The molecule has 0 spiro atoms. The highest BCUT2D eigenvalue weighted by Crippen LogP contribution is 2.39. The van der Waals surface area contributed by atoms with Gasteiger partial charge >= 0.3 is 0 Å². The summed E-state index contributed by atoms with van der Waals surface area (Å²) in [6, 6.07) is 3.87. The third kappa shape index (κ3) is 2.31. The summed E-state index contributed by atoms with van der Waals surface area (Å²) in [4.78, 5) is 4.47. The van der Waals surface area contributed by atoms with Crippen molar-refractivity contribution in [2.75, 3.05) is 27.9 Å². The van der Waals surface area contributed by atoms with E-state index in [2.05, 4.69) is 14.9 Å². The zero-order valence-corrected chi connectivity index (χ0v) is 12.5. The van der Waals surface area contributed by atoms with Crippen LogP contribution in [-0.2, 0) is 13.0 Å².